The highest BCUT2D eigenvalue weighted by molar-refractivity contribution is 7.99. The Kier molecular flexibility index (Phi) is 5.44. The van der Waals surface area contributed by atoms with E-state index in [2.05, 4.69) is 5.32 Å². The Labute approximate surface area is 131 Å². The fourth-order valence-electron chi connectivity index (χ4n) is 2.08. The summed E-state index contributed by atoms with van der Waals surface area (Å²) >= 11 is 1.72. The number of nitrogens with zero attached hydrogens (tertiary/aromatic N) is 1. The number of carbonyl (C=O) groups is 1. The minimum absolute atomic E-state index is 0.127. The SMILES string of the molecule is CCOc1ccc(NC(=O)N2CCSCC2)c(C(F)(F)F)c1. The molecule has 0 radical (unpaired) electrons. The highest BCUT2D eigenvalue weighted by atomic mass is 32.2. The van der Waals surface area contributed by atoms with E-state index in [4.69, 9.17) is 4.74 Å². The molecule has 0 aromatic heterocycles. The van der Waals surface area contributed by atoms with E-state index in [1.54, 1.807) is 18.7 Å². The van der Waals surface area contributed by atoms with Crippen LogP contribution in [0.15, 0.2) is 18.2 Å². The van der Waals surface area contributed by atoms with Gasteiger partial charge >= 0.3 is 12.2 Å². The molecule has 0 bridgehead atoms. The summed E-state index contributed by atoms with van der Waals surface area (Å²) in [6, 6.07) is 3.05. The van der Waals surface area contributed by atoms with Crippen LogP contribution in [0.25, 0.3) is 0 Å². The zero-order valence-corrected chi connectivity index (χ0v) is 12.9. The fourth-order valence-corrected chi connectivity index (χ4v) is 2.99. The first-order valence-electron chi connectivity index (χ1n) is 6.89. The van der Waals surface area contributed by atoms with Gasteiger partial charge in [-0.3, -0.25) is 0 Å². The van der Waals surface area contributed by atoms with Crippen LogP contribution in [-0.2, 0) is 6.18 Å². The van der Waals surface area contributed by atoms with Crippen molar-refractivity contribution in [2.45, 2.75) is 13.1 Å². The number of amides is 2. The van der Waals surface area contributed by atoms with Crippen LogP contribution < -0.4 is 10.1 Å². The van der Waals surface area contributed by atoms with E-state index in [1.165, 1.54) is 17.0 Å². The van der Waals surface area contributed by atoms with Gasteiger partial charge in [0.15, 0.2) is 0 Å². The largest absolute Gasteiger partial charge is 0.494 e. The van der Waals surface area contributed by atoms with Crippen LogP contribution in [-0.4, -0.2) is 42.1 Å². The summed E-state index contributed by atoms with van der Waals surface area (Å²) in [6.07, 6.45) is -4.56. The number of ether oxygens (including phenoxy) is 1. The van der Waals surface area contributed by atoms with Crippen LogP contribution in [0, 0.1) is 0 Å². The predicted molar refractivity (Wildman–Crippen MR) is 80.5 cm³/mol. The molecule has 1 aliphatic rings. The smallest absolute Gasteiger partial charge is 0.418 e. The molecule has 1 aromatic carbocycles. The Morgan fingerprint density at radius 3 is 2.64 bits per heavy atom. The second-order valence-corrected chi connectivity index (χ2v) is 5.89. The second kappa shape index (κ2) is 7.13. The Bertz CT molecular complexity index is 531. The van der Waals surface area contributed by atoms with Crippen molar-refractivity contribution >= 4 is 23.5 Å². The molecule has 2 rings (SSSR count). The van der Waals surface area contributed by atoms with Gasteiger partial charge in [-0.25, -0.2) is 4.79 Å². The molecule has 122 valence electrons. The fraction of sp³-hybridized carbons (Fsp3) is 0.500. The van der Waals surface area contributed by atoms with E-state index in [0.29, 0.717) is 13.1 Å². The van der Waals surface area contributed by atoms with Crippen LogP contribution in [0.1, 0.15) is 12.5 Å². The number of halogens is 3. The number of hydrogen-bond acceptors (Lipinski definition) is 3. The summed E-state index contributed by atoms with van der Waals surface area (Å²) in [4.78, 5) is 13.6. The van der Waals surface area contributed by atoms with Crippen LogP contribution in [0.4, 0.5) is 23.7 Å². The molecule has 2 amide bonds. The van der Waals surface area contributed by atoms with Crippen LogP contribution in [0.5, 0.6) is 5.75 Å². The third-order valence-corrected chi connectivity index (χ3v) is 4.09. The molecule has 0 unspecified atom stereocenters. The zero-order chi connectivity index (χ0) is 16.2. The highest BCUT2D eigenvalue weighted by Crippen LogP contribution is 2.37. The number of rotatable bonds is 3. The summed E-state index contributed by atoms with van der Waals surface area (Å²) in [6.45, 7) is 3.04. The lowest BCUT2D eigenvalue weighted by atomic mass is 10.1. The number of benzene rings is 1. The van der Waals surface area contributed by atoms with Crippen molar-refractivity contribution < 1.29 is 22.7 Å². The van der Waals surface area contributed by atoms with E-state index in [-0.39, 0.29) is 18.0 Å². The lowest BCUT2D eigenvalue weighted by Gasteiger charge is -2.27. The third kappa shape index (κ3) is 4.22. The molecule has 1 aromatic rings. The Morgan fingerprint density at radius 1 is 1.36 bits per heavy atom. The summed E-state index contributed by atoms with van der Waals surface area (Å²) < 4.78 is 44.5. The number of thioether (sulfide) groups is 1. The molecule has 0 atom stereocenters. The van der Waals surface area contributed by atoms with Gasteiger partial charge in [0.25, 0.3) is 0 Å². The van der Waals surface area contributed by atoms with Crippen LogP contribution in [0.2, 0.25) is 0 Å². The summed E-state index contributed by atoms with van der Waals surface area (Å²) in [5, 5.41) is 2.36. The lowest BCUT2D eigenvalue weighted by molar-refractivity contribution is -0.137. The number of hydrogen-bond donors (Lipinski definition) is 1. The molecule has 0 aliphatic carbocycles. The predicted octanol–water partition coefficient (Wildman–Crippen LogP) is 3.68. The highest BCUT2D eigenvalue weighted by Gasteiger charge is 2.35. The van der Waals surface area contributed by atoms with Crippen LogP contribution in [0.3, 0.4) is 0 Å². The van der Waals surface area contributed by atoms with E-state index in [0.717, 1.165) is 17.6 Å². The van der Waals surface area contributed by atoms with E-state index >= 15 is 0 Å². The van der Waals surface area contributed by atoms with Gasteiger partial charge in [-0.05, 0) is 25.1 Å². The summed E-state index contributed by atoms with van der Waals surface area (Å²) in [5.74, 6) is 1.72. The molecule has 1 saturated heterocycles. The van der Waals surface area contributed by atoms with Gasteiger partial charge in [0, 0.05) is 24.6 Å². The number of nitrogens with one attached hydrogen (secondary N) is 1. The van der Waals surface area contributed by atoms with Gasteiger partial charge in [0.1, 0.15) is 5.75 Å². The second-order valence-electron chi connectivity index (χ2n) is 4.67. The minimum atomic E-state index is -4.56. The van der Waals surface area contributed by atoms with Crippen molar-refractivity contribution in [1.82, 2.24) is 4.90 Å². The summed E-state index contributed by atoms with van der Waals surface area (Å²) in [5.41, 5.74) is -1.16. The molecular weight excluding hydrogens is 317 g/mol. The van der Waals surface area contributed by atoms with Gasteiger partial charge < -0.3 is 15.0 Å². The Morgan fingerprint density at radius 2 is 2.05 bits per heavy atom. The number of alkyl halides is 3. The van der Waals surface area contributed by atoms with Gasteiger partial charge in [0.2, 0.25) is 0 Å². The number of carbonyl (C=O) groups excluding carboxylic acids is 1. The average Bonchev–Trinajstić information content (AvgIpc) is 2.49. The molecule has 1 aliphatic heterocycles. The van der Waals surface area contributed by atoms with E-state index in [1.807, 2.05) is 0 Å². The maximum atomic E-state index is 13.1. The molecule has 1 N–H and O–H groups in total. The first kappa shape index (κ1) is 16.8. The Balaban J connectivity index is 2.20. The van der Waals surface area contributed by atoms with Crippen molar-refractivity contribution in [3.8, 4) is 5.75 Å². The first-order chi connectivity index (χ1) is 10.4. The first-order valence-corrected chi connectivity index (χ1v) is 8.05. The van der Waals surface area contributed by atoms with Gasteiger partial charge in [-0.2, -0.15) is 24.9 Å². The molecular formula is C14H17F3N2O2S. The number of anilines is 1. The van der Waals surface area contributed by atoms with Gasteiger partial charge in [-0.1, -0.05) is 0 Å². The van der Waals surface area contributed by atoms with E-state index < -0.39 is 17.8 Å². The van der Waals surface area contributed by atoms with Crippen molar-refractivity contribution in [3.05, 3.63) is 23.8 Å². The minimum Gasteiger partial charge on any atom is -0.494 e. The van der Waals surface area contributed by atoms with Crippen LogP contribution >= 0.6 is 11.8 Å². The van der Waals surface area contributed by atoms with Crippen molar-refractivity contribution in [2.24, 2.45) is 0 Å². The van der Waals surface area contributed by atoms with Crippen molar-refractivity contribution in [3.63, 3.8) is 0 Å². The molecule has 0 spiro atoms. The molecule has 4 nitrogen and oxygen atoms in total. The molecule has 8 heteroatoms. The maximum absolute atomic E-state index is 13.1. The van der Waals surface area contributed by atoms with Crippen molar-refractivity contribution in [2.75, 3.05) is 36.5 Å². The summed E-state index contributed by atoms with van der Waals surface area (Å²) in [7, 11) is 0. The van der Waals surface area contributed by atoms with Crippen molar-refractivity contribution in [1.29, 1.82) is 0 Å². The van der Waals surface area contributed by atoms with Gasteiger partial charge in [0.05, 0.1) is 17.9 Å². The maximum Gasteiger partial charge on any atom is 0.418 e. The third-order valence-electron chi connectivity index (χ3n) is 3.15. The standard InChI is InChI=1S/C14H17F3N2O2S/c1-2-21-10-3-4-12(11(9-10)14(15,16)17)18-13(20)19-5-7-22-8-6-19/h3-4,9H,2,5-8H2,1H3,(H,18,20). The lowest BCUT2D eigenvalue weighted by Crippen LogP contribution is -2.41. The molecule has 0 saturated carbocycles. The molecule has 1 fully saturated rings. The zero-order valence-electron chi connectivity index (χ0n) is 12.1. The quantitative estimate of drug-likeness (QED) is 0.917. The average molecular weight is 334 g/mol. The monoisotopic (exact) mass is 334 g/mol. The van der Waals surface area contributed by atoms with E-state index in [9.17, 15) is 18.0 Å². The molecule has 1 heterocycles. The topological polar surface area (TPSA) is 41.6 Å². The normalized spacial score (nSPS) is 15.5. The number of urea groups is 1. The Hall–Kier alpha value is -1.57. The van der Waals surface area contributed by atoms with Gasteiger partial charge in [-0.15, -0.1) is 0 Å². The molecule has 22 heavy (non-hydrogen) atoms.